The Morgan fingerprint density at radius 2 is 1.62 bits per heavy atom. The summed E-state index contributed by atoms with van der Waals surface area (Å²) in [5, 5.41) is 3.35. The first-order valence-electron chi connectivity index (χ1n) is 7.60. The molecule has 0 aromatic heterocycles. The van der Waals surface area contributed by atoms with E-state index in [1.165, 1.54) is 43.2 Å². The molecule has 0 atom stereocenters. The van der Waals surface area contributed by atoms with Crippen LogP contribution in [-0.2, 0) is 13.1 Å². The van der Waals surface area contributed by atoms with Crippen LogP contribution in [0.25, 0.3) is 0 Å². The third kappa shape index (κ3) is 3.82. The van der Waals surface area contributed by atoms with Crippen molar-refractivity contribution in [1.29, 1.82) is 0 Å². The minimum absolute atomic E-state index is 0.177. The molecule has 0 bridgehead atoms. The lowest BCUT2D eigenvalue weighted by Crippen LogP contribution is -2.17. The summed E-state index contributed by atoms with van der Waals surface area (Å²) in [5.74, 6) is -0.177. The van der Waals surface area contributed by atoms with E-state index < -0.39 is 0 Å². The van der Waals surface area contributed by atoms with E-state index in [0.29, 0.717) is 6.54 Å². The smallest absolute Gasteiger partial charge is 0.123 e. The molecule has 3 heteroatoms. The van der Waals surface area contributed by atoms with Crippen molar-refractivity contribution in [1.82, 2.24) is 5.32 Å². The van der Waals surface area contributed by atoms with Crippen LogP contribution in [0.5, 0.6) is 0 Å². The lowest BCUT2D eigenvalue weighted by molar-refractivity contribution is 0.620. The number of nitrogens with zero attached hydrogens (tertiary/aromatic N) is 1. The quantitative estimate of drug-likeness (QED) is 0.900. The molecule has 0 aliphatic carbocycles. The summed E-state index contributed by atoms with van der Waals surface area (Å²) in [4.78, 5) is 2.43. The van der Waals surface area contributed by atoms with Gasteiger partial charge in [0.2, 0.25) is 0 Å². The van der Waals surface area contributed by atoms with Crippen molar-refractivity contribution in [3.63, 3.8) is 0 Å². The predicted octanol–water partition coefficient (Wildman–Crippen LogP) is 3.72. The van der Waals surface area contributed by atoms with Gasteiger partial charge in [-0.2, -0.15) is 0 Å². The molecule has 110 valence electrons. The maximum absolute atomic E-state index is 13.1. The summed E-state index contributed by atoms with van der Waals surface area (Å²) in [6.45, 7) is 3.84. The van der Waals surface area contributed by atoms with Crippen molar-refractivity contribution in [2.45, 2.75) is 25.9 Å². The molecule has 2 aromatic carbocycles. The first-order valence-corrected chi connectivity index (χ1v) is 7.60. The van der Waals surface area contributed by atoms with E-state index in [1.54, 1.807) is 12.1 Å². The van der Waals surface area contributed by atoms with Crippen molar-refractivity contribution in [3.8, 4) is 0 Å². The molecule has 0 saturated carbocycles. The van der Waals surface area contributed by atoms with Gasteiger partial charge in [-0.15, -0.1) is 0 Å². The van der Waals surface area contributed by atoms with Gasteiger partial charge in [0.1, 0.15) is 5.82 Å². The fraction of sp³-hybridized carbons (Fsp3) is 0.333. The largest absolute Gasteiger partial charge is 0.372 e. The normalized spacial score (nSPS) is 14.6. The average molecular weight is 284 g/mol. The maximum atomic E-state index is 13.1. The molecule has 0 amide bonds. The van der Waals surface area contributed by atoms with E-state index in [2.05, 4.69) is 34.5 Å². The summed E-state index contributed by atoms with van der Waals surface area (Å²) in [7, 11) is 0. The van der Waals surface area contributed by atoms with Crippen molar-refractivity contribution >= 4 is 5.69 Å². The number of halogens is 1. The molecule has 0 unspecified atom stereocenters. The highest BCUT2D eigenvalue weighted by atomic mass is 19.1. The molecule has 2 aromatic rings. The molecule has 1 aliphatic heterocycles. The number of anilines is 1. The highest BCUT2D eigenvalue weighted by molar-refractivity contribution is 5.48. The lowest BCUT2D eigenvalue weighted by Gasteiger charge is -2.17. The summed E-state index contributed by atoms with van der Waals surface area (Å²) in [6, 6.07) is 15.5. The van der Waals surface area contributed by atoms with E-state index in [4.69, 9.17) is 0 Å². The number of benzene rings is 2. The molecule has 1 heterocycles. The SMILES string of the molecule is Fc1cccc(CNCc2ccc(N3CCCC3)cc2)c1. The first-order chi connectivity index (χ1) is 10.3. The fourth-order valence-electron chi connectivity index (χ4n) is 2.80. The molecule has 1 saturated heterocycles. The Morgan fingerprint density at radius 3 is 2.33 bits per heavy atom. The Morgan fingerprint density at radius 1 is 0.905 bits per heavy atom. The van der Waals surface area contributed by atoms with Gasteiger partial charge in [0.25, 0.3) is 0 Å². The third-order valence-electron chi connectivity index (χ3n) is 3.95. The third-order valence-corrected chi connectivity index (χ3v) is 3.95. The topological polar surface area (TPSA) is 15.3 Å². The molecule has 2 nitrogen and oxygen atoms in total. The zero-order valence-electron chi connectivity index (χ0n) is 12.2. The van der Waals surface area contributed by atoms with Crippen LogP contribution in [0, 0.1) is 5.82 Å². The van der Waals surface area contributed by atoms with Crippen molar-refractivity contribution in [2.24, 2.45) is 0 Å². The Balaban J connectivity index is 1.51. The standard InChI is InChI=1S/C18H21FN2/c19-17-5-3-4-16(12-17)14-20-13-15-6-8-18(9-7-15)21-10-1-2-11-21/h3-9,12,20H,1-2,10-11,13-14H2. The highest BCUT2D eigenvalue weighted by Gasteiger charge is 2.11. The van der Waals surface area contributed by atoms with Crippen LogP contribution in [0.15, 0.2) is 48.5 Å². The van der Waals surface area contributed by atoms with Crippen molar-refractivity contribution in [2.75, 3.05) is 18.0 Å². The van der Waals surface area contributed by atoms with Crippen molar-refractivity contribution < 1.29 is 4.39 Å². The molecule has 21 heavy (non-hydrogen) atoms. The maximum Gasteiger partial charge on any atom is 0.123 e. The molecule has 0 spiro atoms. The highest BCUT2D eigenvalue weighted by Crippen LogP contribution is 2.20. The molecule has 1 fully saturated rings. The van der Waals surface area contributed by atoms with Gasteiger partial charge in [-0.3, -0.25) is 0 Å². The van der Waals surface area contributed by atoms with E-state index in [-0.39, 0.29) is 5.82 Å². The van der Waals surface area contributed by atoms with Gasteiger partial charge < -0.3 is 10.2 Å². The van der Waals surface area contributed by atoms with Gasteiger partial charge in [0, 0.05) is 31.9 Å². The second kappa shape index (κ2) is 6.72. The summed E-state index contributed by atoms with van der Waals surface area (Å²) in [5.41, 5.74) is 3.56. The van der Waals surface area contributed by atoms with Crippen LogP contribution in [-0.4, -0.2) is 13.1 Å². The Kier molecular flexibility index (Phi) is 4.51. The van der Waals surface area contributed by atoms with Gasteiger partial charge in [0.05, 0.1) is 0 Å². The minimum atomic E-state index is -0.177. The van der Waals surface area contributed by atoms with Gasteiger partial charge >= 0.3 is 0 Å². The zero-order valence-corrected chi connectivity index (χ0v) is 12.2. The number of nitrogens with one attached hydrogen (secondary N) is 1. The van der Waals surface area contributed by atoms with E-state index >= 15 is 0 Å². The number of rotatable bonds is 5. The second-order valence-electron chi connectivity index (χ2n) is 5.59. The average Bonchev–Trinajstić information content (AvgIpc) is 3.02. The Hall–Kier alpha value is -1.87. The zero-order chi connectivity index (χ0) is 14.5. The van der Waals surface area contributed by atoms with Crippen LogP contribution in [0.3, 0.4) is 0 Å². The molecule has 3 rings (SSSR count). The predicted molar refractivity (Wildman–Crippen MR) is 84.8 cm³/mol. The van der Waals surface area contributed by atoms with Crippen LogP contribution in [0.1, 0.15) is 24.0 Å². The molecular formula is C18H21FN2. The van der Waals surface area contributed by atoms with Crippen molar-refractivity contribution in [3.05, 3.63) is 65.5 Å². The molecule has 0 radical (unpaired) electrons. The van der Waals surface area contributed by atoms with Crippen LogP contribution in [0.2, 0.25) is 0 Å². The minimum Gasteiger partial charge on any atom is -0.372 e. The summed E-state index contributed by atoms with van der Waals surface area (Å²) >= 11 is 0. The molecular weight excluding hydrogens is 263 g/mol. The van der Waals surface area contributed by atoms with E-state index in [1.807, 2.05) is 6.07 Å². The Labute approximate surface area is 125 Å². The molecule has 1 N–H and O–H groups in total. The summed E-state index contributed by atoms with van der Waals surface area (Å²) in [6.07, 6.45) is 2.61. The first kappa shape index (κ1) is 14.1. The van der Waals surface area contributed by atoms with E-state index in [0.717, 1.165) is 12.1 Å². The van der Waals surface area contributed by atoms with Gasteiger partial charge in [-0.25, -0.2) is 4.39 Å². The molecule has 1 aliphatic rings. The summed E-state index contributed by atoms with van der Waals surface area (Å²) < 4.78 is 13.1. The fourth-order valence-corrected chi connectivity index (χ4v) is 2.80. The van der Waals surface area contributed by atoms with Gasteiger partial charge in [0.15, 0.2) is 0 Å². The van der Waals surface area contributed by atoms with E-state index in [9.17, 15) is 4.39 Å². The number of hydrogen-bond acceptors (Lipinski definition) is 2. The monoisotopic (exact) mass is 284 g/mol. The van der Waals surface area contributed by atoms with Gasteiger partial charge in [-0.1, -0.05) is 24.3 Å². The van der Waals surface area contributed by atoms with Crippen LogP contribution >= 0.6 is 0 Å². The van der Waals surface area contributed by atoms with Gasteiger partial charge in [-0.05, 0) is 48.2 Å². The Bertz CT molecular complexity index is 574. The second-order valence-corrected chi connectivity index (χ2v) is 5.59. The van der Waals surface area contributed by atoms with Crippen LogP contribution < -0.4 is 10.2 Å². The number of hydrogen-bond donors (Lipinski definition) is 1. The van der Waals surface area contributed by atoms with Crippen LogP contribution in [0.4, 0.5) is 10.1 Å². The lowest BCUT2D eigenvalue weighted by atomic mass is 10.2.